The van der Waals surface area contributed by atoms with E-state index in [2.05, 4.69) is 29.6 Å². The number of para-hydroxylation sites is 1. The highest BCUT2D eigenvalue weighted by Crippen LogP contribution is 2.28. The molecule has 0 bridgehead atoms. The van der Waals surface area contributed by atoms with Gasteiger partial charge in [0.15, 0.2) is 6.29 Å². The highest BCUT2D eigenvalue weighted by Gasteiger charge is 2.19. The van der Waals surface area contributed by atoms with Crippen LogP contribution in [-0.2, 0) is 9.47 Å². The Morgan fingerprint density at radius 1 is 0.957 bits per heavy atom. The largest absolute Gasteiger partial charge is 0.459 e. The van der Waals surface area contributed by atoms with E-state index in [-0.39, 0.29) is 12.3 Å². The second kappa shape index (κ2) is 7.42. The summed E-state index contributed by atoms with van der Waals surface area (Å²) in [5, 5.41) is 4.57. The Morgan fingerprint density at radius 3 is 2.35 bits per heavy atom. The SMILES string of the molecule is COC(CN[C@@H](c1ccccc1)c1cc2ccccc2o1)OC. The van der Waals surface area contributed by atoms with Gasteiger partial charge in [0.1, 0.15) is 11.3 Å². The molecular weight excluding hydrogens is 290 g/mol. The lowest BCUT2D eigenvalue weighted by Crippen LogP contribution is -2.33. The molecule has 4 nitrogen and oxygen atoms in total. The standard InChI is InChI=1S/C19H21NO3/c1-21-18(22-2)13-20-19(14-8-4-3-5-9-14)17-12-15-10-6-7-11-16(15)23-17/h3-12,18-20H,13H2,1-2H3/t19-/m0/s1. The molecule has 0 spiro atoms. The third-order valence-corrected chi connectivity index (χ3v) is 3.88. The van der Waals surface area contributed by atoms with E-state index < -0.39 is 0 Å². The minimum absolute atomic E-state index is 0.0589. The molecule has 0 aliphatic heterocycles. The van der Waals surface area contributed by atoms with Crippen molar-refractivity contribution in [1.82, 2.24) is 5.32 Å². The fourth-order valence-electron chi connectivity index (χ4n) is 2.65. The van der Waals surface area contributed by atoms with Gasteiger partial charge in [0, 0.05) is 26.2 Å². The fraction of sp³-hybridized carbons (Fsp3) is 0.263. The van der Waals surface area contributed by atoms with E-state index in [1.807, 2.05) is 36.4 Å². The Morgan fingerprint density at radius 2 is 1.65 bits per heavy atom. The average molecular weight is 311 g/mol. The summed E-state index contributed by atoms with van der Waals surface area (Å²) in [6, 6.07) is 20.3. The van der Waals surface area contributed by atoms with Gasteiger partial charge in [0.2, 0.25) is 0 Å². The minimum atomic E-state index is -0.300. The van der Waals surface area contributed by atoms with E-state index in [0.717, 1.165) is 22.3 Å². The Balaban J connectivity index is 1.91. The van der Waals surface area contributed by atoms with Crippen LogP contribution < -0.4 is 5.32 Å². The van der Waals surface area contributed by atoms with Gasteiger partial charge >= 0.3 is 0 Å². The Kier molecular flexibility index (Phi) is 5.08. The summed E-state index contributed by atoms with van der Waals surface area (Å²) in [6.07, 6.45) is -0.300. The van der Waals surface area contributed by atoms with Crippen molar-refractivity contribution < 1.29 is 13.9 Å². The van der Waals surface area contributed by atoms with Crippen molar-refractivity contribution in [2.45, 2.75) is 12.3 Å². The van der Waals surface area contributed by atoms with Gasteiger partial charge < -0.3 is 13.9 Å². The summed E-state index contributed by atoms with van der Waals surface area (Å²) in [7, 11) is 3.27. The number of nitrogens with one attached hydrogen (secondary N) is 1. The quantitative estimate of drug-likeness (QED) is 0.675. The van der Waals surface area contributed by atoms with Crippen molar-refractivity contribution in [2.24, 2.45) is 0 Å². The molecule has 4 heteroatoms. The normalized spacial score (nSPS) is 12.8. The second-order valence-electron chi connectivity index (χ2n) is 5.34. The molecule has 0 unspecified atom stereocenters. The summed E-state index contributed by atoms with van der Waals surface area (Å²) in [4.78, 5) is 0. The summed E-state index contributed by atoms with van der Waals surface area (Å²) < 4.78 is 16.6. The summed E-state index contributed by atoms with van der Waals surface area (Å²) in [5.74, 6) is 0.878. The van der Waals surface area contributed by atoms with Crippen molar-refractivity contribution >= 4 is 11.0 Å². The average Bonchev–Trinajstić information content (AvgIpc) is 3.03. The van der Waals surface area contributed by atoms with Gasteiger partial charge in [-0.3, -0.25) is 5.32 Å². The lowest BCUT2D eigenvalue weighted by Gasteiger charge is -2.20. The van der Waals surface area contributed by atoms with Crippen molar-refractivity contribution in [3.05, 3.63) is 72.0 Å². The Bertz CT molecular complexity index is 701. The lowest BCUT2D eigenvalue weighted by molar-refractivity contribution is -0.0996. The molecule has 0 radical (unpaired) electrons. The summed E-state index contributed by atoms with van der Waals surface area (Å²) in [5.41, 5.74) is 2.03. The molecule has 0 saturated heterocycles. The fourth-order valence-corrected chi connectivity index (χ4v) is 2.65. The van der Waals surface area contributed by atoms with Crippen molar-refractivity contribution in [3.63, 3.8) is 0 Å². The van der Waals surface area contributed by atoms with Crippen molar-refractivity contribution in [2.75, 3.05) is 20.8 Å². The molecule has 2 aromatic carbocycles. The van der Waals surface area contributed by atoms with E-state index in [1.54, 1.807) is 14.2 Å². The number of hydrogen-bond donors (Lipinski definition) is 1. The first-order valence-corrected chi connectivity index (χ1v) is 7.64. The van der Waals surface area contributed by atoms with Crippen LogP contribution in [0.4, 0.5) is 0 Å². The number of rotatable bonds is 7. The third-order valence-electron chi connectivity index (χ3n) is 3.88. The highest BCUT2D eigenvalue weighted by molar-refractivity contribution is 5.77. The molecule has 1 aromatic heterocycles. The zero-order valence-corrected chi connectivity index (χ0v) is 13.4. The van der Waals surface area contributed by atoms with E-state index in [9.17, 15) is 0 Å². The predicted octanol–water partition coefficient (Wildman–Crippen LogP) is 3.73. The first-order valence-electron chi connectivity index (χ1n) is 7.64. The van der Waals surface area contributed by atoms with Crippen LogP contribution in [-0.4, -0.2) is 27.1 Å². The first kappa shape index (κ1) is 15.7. The van der Waals surface area contributed by atoms with Crippen LogP contribution in [0.3, 0.4) is 0 Å². The van der Waals surface area contributed by atoms with Gasteiger partial charge in [-0.25, -0.2) is 0 Å². The smallest absolute Gasteiger partial charge is 0.169 e. The molecule has 0 saturated carbocycles. The van der Waals surface area contributed by atoms with E-state index >= 15 is 0 Å². The Hall–Kier alpha value is -2.14. The molecule has 1 N–H and O–H groups in total. The van der Waals surface area contributed by atoms with Crippen LogP contribution in [0.1, 0.15) is 17.4 Å². The molecule has 1 atom stereocenters. The Labute approximate surface area is 136 Å². The lowest BCUT2D eigenvalue weighted by atomic mass is 10.0. The van der Waals surface area contributed by atoms with Crippen molar-refractivity contribution in [3.8, 4) is 0 Å². The summed E-state index contributed by atoms with van der Waals surface area (Å²) >= 11 is 0. The molecule has 0 aliphatic carbocycles. The number of fused-ring (bicyclic) bond motifs is 1. The molecule has 0 fully saturated rings. The van der Waals surface area contributed by atoms with Crippen LogP contribution >= 0.6 is 0 Å². The maximum atomic E-state index is 6.04. The van der Waals surface area contributed by atoms with Crippen LogP contribution in [0.5, 0.6) is 0 Å². The number of furan rings is 1. The molecule has 0 amide bonds. The van der Waals surface area contributed by atoms with Crippen LogP contribution in [0, 0.1) is 0 Å². The molecule has 0 aliphatic rings. The van der Waals surface area contributed by atoms with Gasteiger partial charge in [-0.05, 0) is 17.7 Å². The number of benzene rings is 2. The van der Waals surface area contributed by atoms with Crippen LogP contribution in [0.25, 0.3) is 11.0 Å². The molecule has 3 rings (SSSR count). The van der Waals surface area contributed by atoms with E-state index in [1.165, 1.54) is 0 Å². The highest BCUT2D eigenvalue weighted by atomic mass is 16.7. The van der Waals surface area contributed by atoms with Gasteiger partial charge in [-0.1, -0.05) is 48.5 Å². The van der Waals surface area contributed by atoms with Gasteiger partial charge in [-0.2, -0.15) is 0 Å². The monoisotopic (exact) mass is 311 g/mol. The molecular formula is C19H21NO3. The first-order chi connectivity index (χ1) is 11.3. The van der Waals surface area contributed by atoms with Crippen molar-refractivity contribution in [1.29, 1.82) is 0 Å². The molecule has 3 aromatic rings. The zero-order valence-electron chi connectivity index (χ0n) is 13.4. The van der Waals surface area contributed by atoms with E-state index in [0.29, 0.717) is 6.54 Å². The molecule has 120 valence electrons. The van der Waals surface area contributed by atoms with Crippen LogP contribution in [0.15, 0.2) is 65.1 Å². The van der Waals surface area contributed by atoms with E-state index in [4.69, 9.17) is 13.9 Å². The molecule has 1 heterocycles. The summed E-state index contributed by atoms with van der Waals surface area (Å²) in [6.45, 7) is 0.559. The second-order valence-corrected chi connectivity index (χ2v) is 5.34. The third kappa shape index (κ3) is 3.62. The molecule has 23 heavy (non-hydrogen) atoms. The van der Waals surface area contributed by atoms with Crippen LogP contribution in [0.2, 0.25) is 0 Å². The van der Waals surface area contributed by atoms with Gasteiger partial charge in [0.05, 0.1) is 6.04 Å². The van der Waals surface area contributed by atoms with Gasteiger partial charge in [-0.15, -0.1) is 0 Å². The number of ether oxygens (including phenoxy) is 2. The van der Waals surface area contributed by atoms with Gasteiger partial charge in [0.25, 0.3) is 0 Å². The number of methoxy groups -OCH3 is 2. The maximum absolute atomic E-state index is 6.04. The topological polar surface area (TPSA) is 43.6 Å². The number of hydrogen-bond acceptors (Lipinski definition) is 4. The zero-order chi connectivity index (χ0) is 16.1. The maximum Gasteiger partial charge on any atom is 0.169 e. The minimum Gasteiger partial charge on any atom is -0.459 e. The predicted molar refractivity (Wildman–Crippen MR) is 90.3 cm³/mol.